The van der Waals surface area contributed by atoms with E-state index in [4.69, 9.17) is 0 Å². The lowest BCUT2D eigenvalue weighted by Gasteiger charge is -2.03. The summed E-state index contributed by atoms with van der Waals surface area (Å²) < 4.78 is 0. The predicted octanol–water partition coefficient (Wildman–Crippen LogP) is 5.82. The third-order valence-corrected chi connectivity index (χ3v) is 4.47. The summed E-state index contributed by atoms with van der Waals surface area (Å²) in [7, 11) is 0. The summed E-state index contributed by atoms with van der Waals surface area (Å²) in [5, 5.41) is 6.44. The van der Waals surface area contributed by atoms with Gasteiger partial charge in [0.2, 0.25) is 5.91 Å². The van der Waals surface area contributed by atoms with Crippen molar-refractivity contribution in [3.8, 4) is 0 Å². The van der Waals surface area contributed by atoms with Gasteiger partial charge in [-0.1, -0.05) is 94.3 Å². The number of carbonyl (C=O) groups is 1. The number of hydrogen-bond acceptors (Lipinski definition) is 2. The van der Waals surface area contributed by atoms with Gasteiger partial charge in [0, 0.05) is 12.0 Å². The van der Waals surface area contributed by atoms with Gasteiger partial charge in [0.1, 0.15) is 0 Å². The topological polar surface area (TPSA) is 41.5 Å². The number of fused-ring (bicyclic) bond motifs is 1. The molecule has 0 saturated heterocycles. The van der Waals surface area contributed by atoms with Crippen molar-refractivity contribution in [1.29, 1.82) is 0 Å². The third-order valence-electron chi connectivity index (χ3n) is 4.47. The van der Waals surface area contributed by atoms with Gasteiger partial charge < -0.3 is 0 Å². The van der Waals surface area contributed by atoms with Crippen LogP contribution in [0.1, 0.15) is 70.3 Å². The van der Waals surface area contributed by atoms with Crippen LogP contribution in [0.25, 0.3) is 10.8 Å². The van der Waals surface area contributed by atoms with Gasteiger partial charge in [-0.3, -0.25) is 4.79 Å². The van der Waals surface area contributed by atoms with E-state index < -0.39 is 0 Å². The van der Waals surface area contributed by atoms with Crippen LogP contribution in [-0.2, 0) is 4.79 Å². The molecule has 1 N–H and O–H groups in total. The molecule has 2 aromatic rings. The molecule has 1 amide bonds. The first-order valence-corrected chi connectivity index (χ1v) is 9.61. The van der Waals surface area contributed by atoms with Crippen molar-refractivity contribution in [2.75, 3.05) is 0 Å². The number of hydrogen-bond donors (Lipinski definition) is 1. The molecule has 0 aliphatic rings. The summed E-state index contributed by atoms with van der Waals surface area (Å²) in [4.78, 5) is 11.8. The van der Waals surface area contributed by atoms with Crippen LogP contribution in [0.5, 0.6) is 0 Å². The zero-order valence-electron chi connectivity index (χ0n) is 15.3. The number of amides is 1. The van der Waals surface area contributed by atoms with Crippen LogP contribution < -0.4 is 5.43 Å². The van der Waals surface area contributed by atoms with Crippen molar-refractivity contribution in [3.05, 3.63) is 48.0 Å². The van der Waals surface area contributed by atoms with Crippen molar-refractivity contribution in [3.63, 3.8) is 0 Å². The lowest BCUT2D eigenvalue weighted by atomic mass is 10.1. The second kappa shape index (κ2) is 11.4. The Labute approximate surface area is 151 Å². The van der Waals surface area contributed by atoms with Crippen LogP contribution in [0.3, 0.4) is 0 Å². The first-order valence-electron chi connectivity index (χ1n) is 9.61. The molecule has 134 valence electrons. The maximum atomic E-state index is 11.8. The molecule has 0 radical (unpaired) electrons. The van der Waals surface area contributed by atoms with Crippen LogP contribution in [0.15, 0.2) is 47.6 Å². The van der Waals surface area contributed by atoms with Gasteiger partial charge in [-0.25, -0.2) is 5.43 Å². The summed E-state index contributed by atoms with van der Waals surface area (Å²) in [6, 6.07) is 14.3. The van der Waals surface area contributed by atoms with Crippen LogP contribution >= 0.6 is 0 Å². The monoisotopic (exact) mass is 338 g/mol. The van der Waals surface area contributed by atoms with Crippen molar-refractivity contribution in [1.82, 2.24) is 5.43 Å². The summed E-state index contributed by atoms with van der Waals surface area (Å²) in [5.74, 6) is 0.00229. The van der Waals surface area contributed by atoms with Gasteiger partial charge in [-0.2, -0.15) is 5.10 Å². The van der Waals surface area contributed by atoms with E-state index in [1.54, 1.807) is 6.21 Å². The Morgan fingerprint density at radius 2 is 1.60 bits per heavy atom. The van der Waals surface area contributed by atoms with E-state index in [9.17, 15) is 4.79 Å². The van der Waals surface area contributed by atoms with Gasteiger partial charge in [0.15, 0.2) is 0 Å². The number of benzene rings is 2. The maximum Gasteiger partial charge on any atom is 0.240 e. The molecule has 0 aliphatic heterocycles. The lowest BCUT2D eigenvalue weighted by Crippen LogP contribution is -2.16. The number of hydrazone groups is 1. The van der Waals surface area contributed by atoms with E-state index in [0.29, 0.717) is 6.42 Å². The highest BCUT2D eigenvalue weighted by molar-refractivity contribution is 5.99. The molecule has 0 atom stereocenters. The SMILES string of the molecule is CCCCCCCCCCC(=O)NN=Cc1cccc2ccccc12. The first-order chi connectivity index (χ1) is 12.3. The van der Waals surface area contributed by atoms with Crippen molar-refractivity contribution in [2.45, 2.75) is 64.7 Å². The highest BCUT2D eigenvalue weighted by Gasteiger charge is 2.00. The Morgan fingerprint density at radius 1 is 0.920 bits per heavy atom. The summed E-state index contributed by atoms with van der Waals surface area (Å²) in [5.41, 5.74) is 3.66. The van der Waals surface area contributed by atoms with Crippen molar-refractivity contribution >= 4 is 22.9 Å². The minimum absolute atomic E-state index is 0.00229. The number of rotatable bonds is 11. The van der Waals surface area contributed by atoms with E-state index in [2.05, 4.69) is 35.7 Å². The van der Waals surface area contributed by atoms with Gasteiger partial charge in [-0.05, 0) is 17.2 Å². The molecule has 2 aromatic carbocycles. The van der Waals surface area contributed by atoms with Crippen LogP contribution in [0.2, 0.25) is 0 Å². The van der Waals surface area contributed by atoms with Crippen molar-refractivity contribution in [2.24, 2.45) is 5.10 Å². The van der Waals surface area contributed by atoms with Crippen LogP contribution in [0.4, 0.5) is 0 Å². The molecular weight excluding hydrogens is 308 g/mol. The van der Waals surface area contributed by atoms with Gasteiger partial charge in [0.05, 0.1) is 6.21 Å². The molecule has 25 heavy (non-hydrogen) atoms. The lowest BCUT2D eigenvalue weighted by molar-refractivity contribution is -0.121. The van der Waals surface area contributed by atoms with Gasteiger partial charge >= 0.3 is 0 Å². The average Bonchev–Trinajstić information content (AvgIpc) is 2.64. The van der Waals surface area contributed by atoms with Crippen molar-refractivity contribution < 1.29 is 4.79 Å². The van der Waals surface area contributed by atoms with Crippen LogP contribution in [-0.4, -0.2) is 12.1 Å². The van der Waals surface area contributed by atoms with E-state index >= 15 is 0 Å². The van der Waals surface area contributed by atoms with E-state index in [1.807, 2.05) is 24.3 Å². The molecule has 3 nitrogen and oxygen atoms in total. The smallest absolute Gasteiger partial charge is 0.240 e. The quantitative estimate of drug-likeness (QED) is 0.313. The zero-order chi connectivity index (χ0) is 17.7. The Hall–Kier alpha value is -2.16. The highest BCUT2D eigenvalue weighted by Crippen LogP contribution is 2.16. The van der Waals surface area contributed by atoms with E-state index in [1.165, 1.54) is 43.9 Å². The first kappa shape index (κ1) is 19.2. The number of unbranched alkanes of at least 4 members (excludes halogenated alkanes) is 7. The second-order valence-corrected chi connectivity index (χ2v) is 6.59. The van der Waals surface area contributed by atoms with E-state index in [0.717, 1.165) is 23.8 Å². The molecule has 0 spiro atoms. The minimum Gasteiger partial charge on any atom is -0.273 e. The molecular formula is C22H30N2O. The second-order valence-electron chi connectivity index (χ2n) is 6.59. The summed E-state index contributed by atoms with van der Waals surface area (Å²) in [6.45, 7) is 2.24. The Balaban J connectivity index is 1.65. The van der Waals surface area contributed by atoms with Gasteiger partial charge in [0.25, 0.3) is 0 Å². The molecule has 0 aromatic heterocycles. The highest BCUT2D eigenvalue weighted by atomic mass is 16.2. The Kier molecular flexibility index (Phi) is 8.74. The number of nitrogens with zero attached hydrogens (tertiary/aromatic N) is 1. The minimum atomic E-state index is 0.00229. The molecule has 0 heterocycles. The molecule has 3 heteroatoms. The summed E-state index contributed by atoms with van der Waals surface area (Å²) >= 11 is 0. The van der Waals surface area contributed by atoms with Crippen LogP contribution in [0, 0.1) is 0 Å². The third kappa shape index (κ3) is 7.08. The van der Waals surface area contributed by atoms with E-state index in [-0.39, 0.29) is 5.91 Å². The standard InChI is InChI=1S/C22H30N2O/c1-2-3-4-5-6-7-8-9-17-22(25)24-23-18-20-15-12-14-19-13-10-11-16-21(19)20/h10-16,18H,2-9,17H2,1H3,(H,24,25). The molecule has 0 unspecified atom stereocenters. The van der Waals surface area contributed by atoms with Gasteiger partial charge in [-0.15, -0.1) is 0 Å². The Bertz CT molecular complexity index is 673. The Morgan fingerprint density at radius 3 is 2.40 bits per heavy atom. The molecule has 0 aliphatic carbocycles. The number of nitrogens with one attached hydrogen (secondary N) is 1. The normalized spacial score (nSPS) is 11.2. The summed E-state index contributed by atoms with van der Waals surface area (Å²) in [6.07, 6.45) is 12.2. The fourth-order valence-electron chi connectivity index (χ4n) is 3.01. The molecule has 0 fully saturated rings. The largest absolute Gasteiger partial charge is 0.273 e. The number of carbonyl (C=O) groups excluding carboxylic acids is 1. The molecule has 0 saturated carbocycles. The molecule has 2 rings (SSSR count). The fraction of sp³-hybridized carbons (Fsp3) is 0.455. The maximum absolute atomic E-state index is 11.8. The predicted molar refractivity (Wildman–Crippen MR) is 107 cm³/mol. The fourth-order valence-corrected chi connectivity index (χ4v) is 3.01. The zero-order valence-corrected chi connectivity index (χ0v) is 15.3. The average molecular weight is 338 g/mol. The molecule has 0 bridgehead atoms.